The van der Waals surface area contributed by atoms with Crippen LogP contribution in [0.25, 0.3) is 0 Å². The lowest BCUT2D eigenvalue weighted by Crippen LogP contribution is -2.37. The maximum Gasteiger partial charge on any atom is 0.254 e. The van der Waals surface area contributed by atoms with Crippen LogP contribution in [0.2, 0.25) is 0 Å². The van der Waals surface area contributed by atoms with E-state index in [-0.39, 0.29) is 11.5 Å². The first-order valence-electron chi connectivity index (χ1n) is 6.93. The highest BCUT2D eigenvalue weighted by Crippen LogP contribution is 2.51. The topological polar surface area (TPSA) is 50.3 Å². The number of nitrogens with zero attached hydrogens (tertiary/aromatic N) is 2. The predicted octanol–water partition coefficient (Wildman–Crippen LogP) is 2.66. The van der Waals surface area contributed by atoms with Crippen LogP contribution >= 0.6 is 11.3 Å². The lowest BCUT2D eigenvalue weighted by molar-refractivity contribution is 0.152. The summed E-state index contributed by atoms with van der Waals surface area (Å²) in [6.45, 7) is 4.70. The molecule has 1 aliphatic carbocycles. The average Bonchev–Trinajstić information content (AvgIpc) is 2.91. The summed E-state index contributed by atoms with van der Waals surface area (Å²) in [4.78, 5) is 4.18. The van der Waals surface area contributed by atoms with Crippen molar-refractivity contribution in [3.05, 3.63) is 11.2 Å². The van der Waals surface area contributed by atoms with E-state index in [9.17, 15) is 8.42 Å². The molecule has 0 bridgehead atoms. The molecule has 2 fully saturated rings. The molecule has 0 aromatic carbocycles. The Labute approximate surface area is 118 Å². The largest absolute Gasteiger partial charge is 0.254 e. The first kappa shape index (κ1) is 13.5. The minimum Gasteiger partial charge on any atom is -0.248 e. The first-order chi connectivity index (χ1) is 8.98. The highest BCUT2D eigenvalue weighted by atomic mass is 32.2. The van der Waals surface area contributed by atoms with E-state index in [1.165, 1.54) is 30.6 Å². The van der Waals surface area contributed by atoms with Crippen LogP contribution in [0.4, 0.5) is 0 Å². The van der Waals surface area contributed by atoms with Gasteiger partial charge in [0.15, 0.2) is 4.21 Å². The van der Waals surface area contributed by atoms with E-state index in [0.717, 1.165) is 6.42 Å². The summed E-state index contributed by atoms with van der Waals surface area (Å²) < 4.78 is 27.8. The minimum absolute atomic E-state index is 0.122. The maximum atomic E-state index is 12.8. The molecule has 106 valence electrons. The van der Waals surface area contributed by atoms with Gasteiger partial charge < -0.3 is 0 Å². The third kappa shape index (κ3) is 2.04. The number of thiazole rings is 1. The molecule has 2 heterocycles. The first-order valence-corrected chi connectivity index (χ1v) is 9.25. The lowest BCUT2D eigenvalue weighted by atomic mass is 9.68. The zero-order chi connectivity index (χ0) is 13.7. The van der Waals surface area contributed by atoms with Crippen LogP contribution in [0.3, 0.4) is 0 Å². The fourth-order valence-corrected chi connectivity index (χ4v) is 6.66. The van der Waals surface area contributed by atoms with Crippen molar-refractivity contribution < 1.29 is 8.42 Å². The summed E-state index contributed by atoms with van der Waals surface area (Å²) in [6, 6.07) is 0.122. The average molecular weight is 300 g/mol. The Bertz CT molecular complexity index is 575. The van der Waals surface area contributed by atoms with Gasteiger partial charge in [0.05, 0.1) is 11.2 Å². The van der Waals surface area contributed by atoms with Crippen LogP contribution < -0.4 is 0 Å². The molecule has 19 heavy (non-hydrogen) atoms. The fraction of sp³-hybridized carbons (Fsp3) is 0.769. The van der Waals surface area contributed by atoms with Gasteiger partial charge in [0.25, 0.3) is 10.0 Å². The summed E-state index contributed by atoms with van der Waals surface area (Å²) in [6.07, 6.45) is 5.32. The summed E-state index contributed by atoms with van der Waals surface area (Å²) in [5.41, 5.74) is 2.64. The van der Waals surface area contributed by atoms with Crippen molar-refractivity contribution in [2.45, 2.75) is 56.2 Å². The molecule has 6 heteroatoms. The number of sulfonamides is 1. The van der Waals surface area contributed by atoms with Crippen LogP contribution in [-0.4, -0.2) is 30.3 Å². The predicted molar refractivity (Wildman–Crippen MR) is 75.7 cm³/mol. The molecule has 1 saturated heterocycles. The monoisotopic (exact) mass is 300 g/mol. The molecular weight excluding hydrogens is 280 g/mol. The van der Waals surface area contributed by atoms with Gasteiger partial charge in [-0.3, -0.25) is 0 Å². The molecule has 1 aliphatic heterocycles. The molecule has 1 aromatic heterocycles. The van der Waals surface area contributed by atoms with Crippen molar-refractivity contribution in [2.24, 2.45) is 5.41 Å². The standard InChI is InChI=1S/C13H20N2O2S2/c1-3-11-12(18-9-14-11)19(16,17)15-8-13(5-4-6-13)7-10(15)2/h9-10H,3-8H2,1-2H3. The van der Waals surface area contributed by atoms with Crippen LogP contribution in [-0.2, 0) is 16.4 Å². The third-order valence-electron chi connectivity index (χ3n) is 4.61. The Kier molecular flexibility index (Phi) is 3.22. The van der Waals surface area contributed by atoms with Crippen molar-refractivity contribution in [2.75, 3.05) is 6.54 Å². The molecule has 1 unspecified atom stereocenters. The van der Waals surface area contributed by atoms with Gasteiger partial charge in [-0.2, -0.15) is 4.31 Å². The SMILES string of the molecule is CCc1ncsc1S(=O)(=O)N1CC2(CCC2)CC1C. The van der Waals surface area contributed by atoms with Crippen LogP contribution in [0.15, 0.2) is 9.72 Å². The van der Waals surface area contributed by atoms with Gasteiger partial charge in [0.2, 0.25) is 0 Å². The number of aromatic nitrogens is 1. The molecule has 0 N–H and O–H groups in total. The van der Waals surface area contributed by atoms with E-state index >= 15 is 0 Å². The zero-order valence-corrected chi connectivity index (χ0v) is 13.1. The molecule has 0 radical (unpaired) electrons. The van der Waals surface area contributed by atoms with Gasteiger partial charge in [0, 0.05) is 12.6 Å². The van der Waals surface area contributed by atoms with E-state index in [1.807, 2.05) is 13.8 Å². The van der Waals surface area contributed by atoms with Crippen molar-refractivity contribution in [1.29, 1.82) is 0 Å². The van der Waals surface area contributed by atoms with Crippen molar-refractivity contribution >= 4 is 21.4 Å². The van der Waals surface area contributed by atoms with Gasteiger partial charge in [-0.25, -0.2) is 13.4 Å². The Morgan fingerprint density at radius 2 is 2.26 bits per heavy atom. The molecule has 1 saturated carbocycles. The van der Waals surface area contributed by atoms with Gasteiger partial charge >= 0.3 is 0 Å². The van der Waals surface area contributed by atoms with Gasteiger partial charge in [-0.1, -0.05) is 13.3 Å². The van der Waals surface area contributed by atoms with Crippen LogP contribution in [0, 0.1) is 5.41 Å². The van der Waals surface area contributed by atoms with Crippen molar-refractivity contribution in [3.8, 4) is 0 Å². The van der Waals surface area contributed by atoms with Crippen LogP contribution in [0.1, 0.15) is 45.2 Å². The Hall–Kier alpha value is -0.460. The summed E-state index contributed by atoms with van der Waals surface area (Å²) in [5.74, 6) is 0. The molecule has 1 spiro atoms. The molecule has 1 atom stereocenters. The summed E-state index contributed by atoms with van der Waals surface area (Å²) >= 11 is 1.25. The van der Waals surface area contributed by atoms with Gasteiger partial charge in [-0.15, -0.1) is 11.3 Å². The lowest BCUT2D eigenvalue weighted by Gasteiger charge is -2.37. The van der Waals surface area contributed by atoms with E-state index < -0.39 is 10.0 Å². The summed E-state index contributed by atoms with van der Waals surface area (Å²) in [7, 11) is -3.35. The van der Waals surface area contributed by atoms with Crippen molar-refractivity contribution in [3.63, 3.8) is 0 Å². The number of rotatable bonds is 3. The highest BCUT2D eigenvalue weighted by Gasteiger charge is 2.50. The highest BCUT2D eigenvalue weighted by molar-refractivity contribution is 7.91. The molecular formula is C13H20N2O2S2. The number of hydrogen-bond donors (Lipinski definition) is 0. The molecule has 1 aromatic rings. The van der Waals surface area contributed by atoms with E-state index in [4.69, 9.17) is 0 Å². The number of hydrogen-bond acceptors (Lipinski definition) is 4. The normalized spacial score (nSPS) is 26.7. The smallest absolute Gasteiger partial charge is 0.248 e. The second-order valence-corrected chi connectivity index (χ2v) is 8.84. The zero-order valence-electron chi connectivity index (χ0n) is 11.4. The molecule has 4 nitrogen and oxygen atoms in total. The fourth-order valence-electron chi connectivity index (χ4n) is 3.45. The van der Waals surface area contributed by atoms with Gasteiger partial charge in [0.1, 0.15) is 0 Å². The van der Waals surface area contributed by atoms with E-state index in [2.05, 4.69) is 4.98 Å². The minimum atomic E-state index is -3.35. The van der Waals surface area contributed by atoms with Gasteiger partial charge in [-0.05, 0) is 38.0 Å². The van der Waals surface area contributed by atoms with Crippen molar-refractivity contribution in [1.82, 2.24) is 9.29 Å². The summed E-state index contributed by atoms with van der Waals surface area (Å²) in [5, 5.41) is 0. The Morgan fingerprint density at radius 1 is 1.53 bits per heavy atom. The number of aryl methyl sites for hydroxylation is 1. The third-order valence-corrected chi connectivity index (χ3v) is 8.00. The maximum absolute atomic E-state index is 12.8. The second-order valence-electron chi connectivity index (χ2n) is 5.90. The Morgan fingerprint density at radius 3 is 2.79 bits per heavy atom. The molecule has 3 rings (SSSR count). The second kappa shape index (κ2) is 4.53. The Balaban J connectivity index is 1.93. The quantitative estimate of drug-likeness (QED) is 0.862. The van der Waals surface area contributed by atoms with E-state index in [1.54, 1.807) is 9.82 Å². The van der Waals surface area contributed by atoms with Crippen LogP contribution in [0.5, 0.6) is 0 Å². The van der Waals surface area contributed by atoms with E-state index in [0.29, 0.717) is 22.9 Å². The molecule has 2 aliphatic rings. The molecule has 0 amide bonds.